The Labute approximate surface area is 128 Å². The van der Waals surface area contributed by atoms with E-state index in [9.17, 15) is 9.59 Å². The maximum absolute atomic E-state index is 12.0. The number of benzene rings is 1. The van der Waals surface area contributed by atoms with Crippen LogP contribution in [0.4, 0.5) is 0 Å². The fourth-order valence-corrected chi connectivity index (χ4v) is 2.84. The third-order valence-corrected chi connectivity index (χ3v) is 3.81. The first-order chi connectivity index (χ1) is 9.51. The molecule has 0 aromatic heterocycles. The second-order valence-corrected chi connectivity index (χ2v) is 5.82. The third kappa shape index (κ3) is 3.97. The zero-order valence-electron chi connectivity index (χ0n) is 11.2. The summed E-state index contributed by atoms with van der Waals surface area (Å²) in [6, 6.07) is 5.26. The molecule has 0 unspecified atom stereocenters. The first-order valence-corrected chi connectivity index (χ1v) is 7.41. The van der Waals surface area contributed by atoms with Crippen molar-refractivity contribution >= 4 is 35.0 Å². The van der Waals surface area contributed by atoms with E-state index in [0.29, 0.717) is 35.9 Å². The molecule has 1 aromatic carbocycles. The lowest BCUT2D eigenvalue weighted by atomic mass is 10.0. The van der Waals surface area contributed by atoms with Crippen molar-refractivity contribution in [1.29, 1.82) is 0 Å². The molecule has 0 bridgehead atoms. The molecule has 0 spiro atoms. The van der Waals surface area contributed by atoms with Gasteiger partial charge in [0.1, 0.15) is 5.78 Å². The van der Waals surface area contributed by atoms with Gasteiger partial charge in [0.25, 0.3) is 0 Å². The lowest BCUT2D eigenvalue weighted by Gasteiger charge is -2.03. The van der Waals surface area contributed by atoms with E-state index in [2.05, 4.69) is 0 Å². The molecule has 1 fully saturated rings. The van der Waals surface area contributed by atoms with Crippen molar-refractivity contribution in [3.63, 3.8) is 0 Å². The fraction of sp³-hybridized carbons (Fsp3) is 0.467. The first kappa shape index (κ1) is 15.3. The Hall–Kier alpha value is -1.06. The molecule has 0 saturated heterocycles. The molecule has 5 heteroatoms. The molecule has 0 aliphatic heterocycles. The van der Waals surface area contributed by atoms with Gasteiger partial charge in [-0.3, -0.25) is 9.59 Å². The van der Waals surface area contributed by atoms with Crippen molar-refractivity contribution in [2.75, 3.05) is 6.61 Å². The summed E-state index contributed by atoms with van der Waals surface area (Å²) in [4.78, 5) is 23.5. The molecule has 0 amide bonds. The zero-order chi connectivity index (χ0) is 14.7. The molecule has 0 heterocycles. The summed E-state index contributed by atoms with van der Waals surface area (Å²) in [6.07, 6.45) is 1.61. The maximum atomic E-state index is 12.0. The quantitative estimate of drug-likeness (QED) is 0.752. The van der Waals surface area contributed by atoms with Crippen LogP contribution in [-0.2, 0) is 20.7 Å². The van der Waals surface area contributed by atoms with E-state index in [4.69, 9.17) is 27.9 Å². The predicted molar refractivity (Wildman–Crippen MR) is 78.0 cm³/mol. The minimum Gasteiger partial charge on any atom is -0.466 e. The number of carbonyl (C=O) groups excluding carboxylic acids is 2. The van der Waals surface area contributed by atoms with E-state index in [1.165, 1.54) is 0 Å². The molecule has 2 rings (SSSR count). The van der Waals surface area contributed by atoms with Crippen LogP contribution in [0.15, 0.2) is 18.2 Å². The van der Waals surface area contributed by atoms with Crippen LogP contribution >= 0.6 is 23.2 Å². The summed E-state index contributed by atoms with van der Waals surface area (Å²) in [5.41, 5.74) is 0.934. The average molecular weight is 315 g/mol. The van der Waals surface area contributed by atoms with E-state index in [0.717, 1.165) is 5.56 Å². The van der Waals surface area contributed by atoms with Gasteiger partial charge in [0.05, 0.1) is 12.5 Å². The molecule has 3 nitrogen and oxygen atoms in total. The fourth-order valence-electron chi connectivity index (χ4n) is 2.27. The number of hydrogen-bond donors (Lipinski definition) is 0. The highest BCUT2D eigenvalue weighted by Crippen LogP contribution is 2.41. The second kappa shape index (κ2) is 6.59. The van der Waals surface area contributed by atoms with Crippen LogP contribution in [0.2, 0.25) is 10.0 Å². The molecule has 1 saturated carbocycles. The Morgan fingerprint density at radius 3 is 2.45 bits per heavy atom. The zero-order valence-corrected chi connectivity index (χ0v) is 12.7. The van der Waals surface area contributed by atoms with Crippen molar-refractivity contribution in [2.24, 2.45) is 11.8 Å². The van der Waals surface area contributed by atoms with Crippen molar-refractivity contribution in [1.82, 2.24) is 0 Å². The van der Waals surface area contributed by atoms with E-state index in [1.54, 1.807) is 25.1 Å². The van der Waals surface area contributed by atoms with Crippen molar-refractivity contribution in [2.45, 2.75) is 26.2 Å². The van der Waals surface area contributed by atoms with Gasteiger partial charge in [-0.15, -0.1) is 0 Å². The Bertz CT molecular complexity index is 508. The molecular weight excluding hydrogens is 299 g/mol. The first-order valence-electron chi connectivity index (χ1n) is 6.65. The monoisotopic (exact) mass is 314 g/mol. The van der Waals surface area contributed by atoms with Gasteiger partial charge in [0.2, 0.25) is 0 Å². The summed E-state index contributed by atoms with van der Waals surface area (Å²) in [6.45, 7) is 2.12. The highest BCUT2D eigenvalue weighted by atomic mass is 35.5. The lowest BCUT2D eigenvalue weighted by Crippen LogP contribution is -2.12. The molecule has 1 aromatic rings. The van der Waals surface area contributed by atoms with Gasteiger partial charge in [0.15, 0.2) is 0 Å². The van der Waals surface area contributed by atoms with Crippen LogP contribution in [0.1, 0.15) is 25.3 Å². The largest absolute Gasteiger partial charge is 0.466 e. The Morgan fingerprint density at radius 2 is 1.85 bits per heavy atom. The smallest absolute Gasteiger partial charge is 0.309 e. The highest BCUT2D eigenvalue weighted by Gasteiger charge is 2.48. The van der Waals surface area contributed by atoms with Gasteiger partial charge in [-0.2, -0.15) is 0 Å². The van der Waals surface area contributed by atoms with Crippen LogP contribution in [0, 0.1) is 11.8 Å². The Balaban J connectivity index is 1.83. The topological polar surface area (TPSA) is 43.4 Å². The average Bonchev–Trinajstić information content (AvgIpc) is 3.15. The van der Waals surface area contributed by atoms with Crippen molar-refractivity contribution < 1.29 is 14.3 Å². The van der Waals surface area contributed by atoms with Gasteiger partial charge in [-0.25, -0.2) is 0 Å². The minimum atomic E-state index is -0.253. The van der Waals surface area contributed by atoms with Crippen LogP contribution in [-0.4, -0.2) is 18.4 Å². The van der Waals surface area contributed by atoms with E-state index < -0.39 is 0 Å². The molecule has 108 valence electrons. The highest BCUT2D eigenvalue weighted by molar-refractivity contribution is 6.34. The number of carbonyl (C=O) groups is 2. The van der Waals surface area contributed by atoms with Crippen LogP contribution in [0.25, 0.3) is 0 Å². The number of rotatable bonds is 6. The van der Waals surface area contributed by atoms with Gasteiger partial charge < -0.3 is 4.74 Å². The van der Waals surface area contributed by atoms with E-state index >= 15 is 0 Å². The third-order valence-electron chi connectivity index (χ3n) is 3.38. The molecule has 20 heavy (non-hydrogen) atoms. The van der Waals surface area contributed by atoms with Gasteiger partial charge >= 0.3 is 5.97 Å². The van der Waals surface area contributed by atoms with Gasteiger partial charge in [-0.1, -0.05) is 23.2 Å². The van der Waals surface area contributed by atoms with E-state index in [1.807, 2.05) is 0 Å². The Kier molecular flexibility index (Phi) is 5.06. The molecule has 2 atom stereocenters. The van der Waals surface area contributed by atoms with Crippen LogP contribution in [0.3, 0.4) is 0 Å². The summed E-state index contributed by atoms with van der Waals surface area (Å²) >= 11 is 11.8. The van der Waals surface area contributed by atoms with Crippen molar-refractivity contribution in [3.8, 4) is 0 Å². The molecule has 1 aliphatic rings. The number of aryl methyl sites for hydroxylation is 1. The van der Waals surface area contributed by atoms with Crippen molar-refractivity contribution in [3.05, 3.63) is 33.8 Å². The maximum Gasteiger partial charge on any atom is 0.309 e. The summed E-state index contributed by atoms with van der Waals surface area (Å²) < 4.78 is 4.91. The number of hydrogen-bond acceptors (Lipinski definition) is 3. The Morgan fingerprint density at radius 1 is 1.20 bits per heavy atom. The lowest BCUT2D eigenvalue weighted by molar-refractivity contribution is -0.145. The number of halogens is 2. The summed E-state index contributed by atoms with van der Waals surface area (Å²) in [7, 11) is 0. The van der Waals surface area contributed by atoms with E-state index in [-0.39, 0.29) is 23.6 Å². The summed E-state index contributed by atoms with van der Waals surface area (Å²) in [5, 5.41) is 1.13. The molecule has 0 radical (unpaired) electrons. The predicted octanol–water partition coefficient (Wildman–Crippen LogP) is 3.69. The number of Topliss-reactive ketones (excluding diaryl/α,β-unsaturated/α-hetero) is 1. The standard InChI is InChI=1S/C15H16Cl2O3/c1-2-20-15(19)13-8-12(13)14(18)4-3-9-5-10(16)7-11(17)6-9/h5-7,12-13H,2-4,8H2,1H3/t12-,13-/m0/s1. The van der Waals surface area contributed by atoms with Crippen LogP contribution < -0.4 is 0 Å². The normalized spacial score (nSPS) is 20.6. The summed E-state index contributed by atoms with van der Waals surface area (Å²) in [5.74, 6) is -0.537. The molecular formula is C15H16Cl2O3. The van der Waals surface area contributed by atoms with Gasteiger partial charge in [0, 0.05) is 22.4 Å². The number of ketones is 1. The minimum absolute atomic E-state index is 0.110. The number of esters is 1. The van der Waals surface area contributed by atoms with Gasteiger partial charge in [-0.05, 0) is 43.5 Å². The molecule has 1 aliphatic carbocycles. The van der Waals surface area contributed by atoms with Crippen LogP contribution in [0.5, 0.6) is 0 Å². The SMILES string of the molecule is CCOC(=O)[C@H]1C[C@@H]1C(=O)CCc1cc(Cl)cc(Cl)c1. The molecule has 0 N–H and O–H groups in total. The number of ether oxygens (including phenoxy) is 1. The second-order valence-electron chi connectivity index (χ2n) is 4.94.